The van der Waals surface area contributed by atoms with Crippen molar-refractivity contribution in [2.45, 2.75) is 38.3 Å². The average Bonchev–Trinajstić information content (AvgIpc) is 3.05. The molecule has 0 unspecified atom stereocenters. The van der Waals surface area contributed by atoms with Gasteiger partial charge in [-0.25, -0.2) is 4.39 Å². The van der Waals surface area contributed by atoms with Gasteiger partial charge in [0, 0.05) is 12.1 Å². The maximum Gasteiger partial charge on any atom is 0.167 e. The highest BCUT2D eigenvalue weighted by Crippen LogP contribution is 2.41. The van der Waals surface area contributed by atoms with Crippen molar-refractivity contribution in [3.63, 3.8) is 0 Å². The number of rotatable bonds is 5. The lowest BCUT2D eigenvalue weighted by Gasteiger charge is -2.19. The van der Waals surface area contributed by atoms with Gasteiger partial charge in [-0.2, -0.15) is 0 Å². The number of nitrogen functional groups attached to an aromatic ring is 1. The lowest BCUT2D eigenvalue weighted by atomic mass is 10.2. The number of aliphatic hydroxyl groups is 1. The molecule has 1 fully saturated rings. The van der Waals surface area contributed by atoms with Gasteiger partial charge in [-0.3, -0.25) is 0 Å². The first-order chi connectivity index (χ1) is 8.46. The van der Waals surface area contributed by atoms with Crippen LogP contribution in [0.1, 0.15) is 26.7 Å². The molecule has 1 saturated carbocycles. The molecule has 0 aromatic heterocycles. The number of benzene rings is 1. The second-order valence-electron chi connectivity index (χ2n) is 5.10. The second-order valence-corrected chi connectivity index (χ2v) is 5.10. The van der Waals surface area contributed by atoms with Crippen LogP contribution in [0.5, 0.6) is 5.75 Å². The van der Waals surface area contributed by atoms with Gasteiger partial charge in [-0.05, 0) is 26.7 Å². The van der Waals surface area contributed by atoms with E-state index in [9.17, 15) is 9.50 Å². The molecular formula is C13H19FN2O2. The van der Waals surface area contributed by atoms with E-state index in [1.165, 1.54) is 6.07 Å². The van der Waals surface area contributed by atoms with Crippen LogP contribution in [0.3, 0.4) is 0 Å². The van der Waals surface area contributed by atoms with E-state index in [0.29, 0.717) is 11.4 Å². The van der Waals surface area contributed by atoms with E-state index in [0.717, 1.165) is 12.8 Å². The van der Waals surface area contributed by atoms with Crippen LogP contribution >= 0.6 is 0 Å². The number of ether oxygens (including phenoxy) is 1. The van der Waals surface area contributed by atoms with E-state index < -0.39 is 5.82 Å². The smallest absolute Gasteiger partial charge is 0.167 e. The first-order valence-electron chi connectivity index (χ1n) is 6.10. The molecule has 5 heteroatoms. The fourth-order valence-corrected chi connectivity index (χ4v) is 1.78. The quantitative estimate of drug-likeness (QED) is 0.704. The van der Waals surface area contributed by atoms with Crippen molar-refractivity contribution in [3.8, 4) is 5.75 Å². The van der Waals surface area contributed by atoms with Crippen LogP contribution in [0.2, 0.25) is 0 Å². The Kier molecular flexibility index (Phi) is 3.34. The van der Waals surface area contributed by atoms with Gasteiger partial charge < -0.3 is 20.9 Å². The van der Waals surface area contributed by atoms with Gasteiger partial charge in [0.05, 0.1) is 29.6 Å². The summed E-state index contributed by atoms with van der Waals surface area (Å²) < 4.78 is 19.0. The predicted octanol–water partition coefficient (Wildman–Crippen LogP) is 2.13. The summed E-state index contributed by atoms with van der Waals surface area (Å²) in [4.78, 5) is 0. The molecule has 1 aromatic rings. The van der Waals surface area contributed by atoms with Crippen molar-refractivity contribution in [2.75, 3.05) is 17.7 Å². The number of hydrogen-bond acceptors (Lipinski definition) is 4. The van der Waals surface area contributed by atoms with E-state index in [1.807, 2.05) is 13.8 Å². The predicted molar refractivity (Wildman–Crippen MR) is 69.2 cm³/mol. The number of hydrogen-bond donors (Lipinski definition) is 3. The van der Waals surface area contributed by atoms with Crippen LogP contribution in [0.15, 0.2) is 12.1 Å². The van der Waals surface area contributed by atoms with Crippen molar-refractivity contribution in [1.29, 1.82) is 0 Å². The van der Waals surface area contributed by atoms with Crippen molar-refractivity contribution in [2.24, 2.45) is 0 Å². The van der Waals surface area contributed by atoms with E-state index in [1.54, 1.807) is 6.07 Å². The highest BCUT2D eigenvalue weighted by atomic mass is 19.1. The molecular weight excluding hydrogens is 235 g/mol. The van der Waals surface area contributed by atoms with Crippen molar-refractivity contribution in [3.05, 3.63) is 17.9 Å². The zero-order valence-electron chi connectivity index (χ0n) is 10.7. The number of nitrogens with one attached hydrogen (secondary N) is 1. The molecule has 4 N–H and O–H groups in total. The van der Waals surface area contributed by atoms with Crippen LogP contribution in [-0.4, -0.2) is 23.4 Å². The Hall–Kier alpha value is -1.49. The minimum Gasteiger partial charge on any atom is -0.488 e. The molecule has 1 aliphatic rings. The third-order valence-corrected chi connectivity index (χ3v) is 3.02. The third kappa shape index (κ3) is 2.67. The standard InChI is InChI=1S/C13H19FN2O2/c1-8(2)18-12-6-11(10(15)5-9(12)14)16-13(7-17)3-4-13/h5-6,8,16-17H,3-4,7,15H2,1-2H3. The van der Waals surface area contributed by atoms with Gasteiger partial charge >= 0.3 is 0 Å². The highest BCUT2D eigenvalue weighted by Gasteiger charge is 2.42. The van der Waals surface area contributed by atoms with Gasteiger partial charge in [0.1, 0.15) is 0 Å². The van der Waals surface area contributed by atoms with E-state index in [2.05, 4.69) is 5.32 Å². The molecule has 100 valence electrons. The topological polar surface area (TPSA) is 67.5 Å². The first-order valence-corrected chi connectivity index (χ1v) is 6.10. The number of anilines is 2. The zero-order valence-corrected chi connectivity index (χ0v) is 10.7. The van der Waals surface area contributed by atoms with Gasteiger partial charge in [0.25, 0.3) is 0 Å². The van der Waals surface area contributed by atoms with Gasteiger partial charge in [0.2, 0.25) is 0 Å². The van der Waals surface area contributed by atoms with Crippen molar-refractivity contribution >= 4 is 11.4 Å². The minimum atomic E-state index is -0.472. The Morgan fingerprint density at radius 1 is 1.50 bits per heavy atom. The molecule has 0 heterocycles. The molecule has 1 aromatic carbocycles. The van der Waals surface area contributed by atoms with Crippen LogP contribution in [0.25, 0.3) is 0 Å². The Balaban J connectivity index is 2.24. The molecule has 0 aliphatic heterocycles. The number of nitrogens with two attached hydrogens (primary N) is 1. The van der Waals surface area contributed by atoms with E-state index >= 15 is 0 Å². The summed E-state index contributed by atoms with van der Waals surface area (Å²) in [6, 6.07) is 2.80. The number of halogens is 1. The maximum atomic E-state index is 13.6. The molecule has 0 spiro atoms. The Morgan fingerprint density at radius 2 is 2.17 bits per heavy atom. The summed E-state index contributed by atoms with van der Waals surface area (Å²) in [6.07, 6.45) is 1.67. The largest absolute Gasteiger partial charge is 0.488 e. The molecule has 0 radical (unpaired) electrons. The monoisotopic (exact) mass is 254 g/mol. The lowest BCUT2D eigenvalue weighted by Crippen LogP contribution is -2.26. The molecule has 1 aliphatic carbocycles. The molecule has 0 saturated heterocycles. The van der Waals surface area contributed by atoms with Crippen molar-refractivity contribution < 1.29 is 14.2 Å². The second kappa shape index (κ2) is 4.65. The Morgan fingerprint density at radius 3 is 2.67 bits per heavy atom. The molecule has 0 bridgehead atoms. The van der Waals surface area contributed by atoms with Gasteiger partial charge in [0.15, 0.2) is 11.6 Å². The summed E-state index contributed by atoms with van der Waals surface area (Å²) in [6.45, 7) is 3.71. The van der Waals surface area contributed by atoms with Crippen LogP contribution in [0.4, 0.5) is 15.8 Å². The zero-order chi connectivity index (χ0) is 13.3. The highest BCUT2D eigenvalue weighted by molar-refractivity contribution is 5.70. The summed E-state index contributed by atoms with van der Waals surface area (Å²) >= 11 is 0. The summed E-state index contributed by atoms with van der Waals surface area (Å²) in [5.74, 6) is -0.295. The van der Waals surface area contributed by atoms with Gasteiger partial charge in [-0.1, -0.05) is 0 Å². The minimum absolute atomic E-state index is 0.0458. The molecule has 4 nitrogen and oxygen atoms in total. The van der Waals surface area contributed by atoms with Gasteiger partial charge in [-0.15, -0.1) is 0 Å². The Labute approximate surface area is 106 Å². The summed E-state index contributed by atoms with van der Waals surface area (Å²) in [7, 11) is 0. The van der Waals surface area contributed by atoms with Crippen LogP contribution in [0, 0.1) is 5.82 Å². The van der Waals surface area contributed by atoms with Crippen molar-refractivity contribution in [1.82, 2.24) is 0 Å². The third-order valence-electron chi connectivity index (χ3n) is 3.02. The molecule has 0 amide bonds. The fraction of sp³-hybridized carbons (Fsp3) is 0.538. The van der Waals surface area contributed by atoms with Crippen LogP contribution < -0.4 is 15.8 Å². The molecule has 2 rings (SSSR count). The van der Waals surface area contributed by atoms with E-state index in [4.69, 9.17) is 10.5 Å². The SMILES string of the molecule is CC(C)Oc1cc(NC2(CO)CC2)c(N)cc1F. The molecule has 18 heavy (non-hydrogen) atoms. The number of aliphatic hydroxyl groups excluding tert-OH is 1. The summed E-state index contributed by atoms with van der Waals surface area (Å²) in [5.41, 5.74) is 6.41. The van der Waals surface area contributed by atoms with Crippen LogP contribution in [-0.2, 0) is 0 Å². The molecule has 0 atom stereocenters. The summed E-state index contributed by atoms with van der Waals surface area (Å²) in [5, 5.41) is 12.4. The average molecular weight is 254 g/mol. The maximum absolute atomic E-state index is 13.6. The van der Waals surface area contributed by atoms with E-state index in [-0.39, 0.29) is 24.0 Å². The first kappa shape index (κ1) is 13.0. The lowest BCUT2D eigenvalue weighted by molar-refractivity contribution is 0.231. The fourth-order valence-electron chi connectivity index (χ4n) is 1.78. The normalized spacial score (nSPS) is 16.7. The Bertz CT molecular complexity index is 445.